The van der Waals surface area contributed by atoms with Gasteiger partial charge in [-0.05, 0) is 44.5 Å². The molecule has 6 nitrogen and oxygen atoms in total. The van der Waals surface area contributed by atoms with E-state index in [1.165, 1.54) is 0 Å². The van der Waals surface area contributed by atoms with Crippen molar-refractivity contribution in [1.82, 2.24) is 15.1 Å². The molecule has 2 rings (SSSR count). The average Bonchev–Trinajstić information content (AvgIpc) is 2.87. The molecular formula is C17H24N4O2. The lowest BCUT2D eigenvalue weighted by molar-refractivity contribution is 0.0523. The number of hydrogen-bond donors (Lipinski definition) is 2. The quantitative estimate of drug-likeness (QED) is 0.889. The first-order chi connectivity index (χ1) is 10.8. The van der Waals surface area contributed by atoms with Gasteiger partial charge in [0.2, 0.25) is 0 Å². The van der Waals surface area contributed by atoms with E-state index < -0.39 is 11.7 Å². The van der Waals surface area contributed by atoms with Crippen LogP contribution < -0.4 is 10.6 Å². The summed E-state index contributed by atoms with van der Waals surface area (Å²) in [5.41, 5.74) is 2.61. The lowest BCUT2D eigenvalue weighted by Gasteiger charge is -2.19. The van der Waals surface area contributed by atoms with Gasteiger partial charge < -0.3 is 15.4 Å². The van der Waals surface area contributed by atoms with E-state index in [1.54, 1.807) is 6.20 Å². The first-order valence-corrected chi connectivity index (χ1v) is 7.60. The second kappa shape index (κ2) is 7.17. The van der Waals surface area contributed by atoms with Crippen molar-refractivity contribution >= 4 is 11.8 Å². The molecule has 0 bridgehead atoms. The Kier molecular flexibility index (Phi) is 5.26. The molecule has 0 fully saturated rings. The summed E-state index contributed by atoms with van der Waals surface area (Å²) in [6, 6.07) is 9.90. The molecule has 6 heteroatoms. The number of nitrogens with zero attached hydrogens (tertiary/aromatic N) is 2. The van der Waals surface area contributed by atoms with Gasteiger partial charge in [-0.2, -0.15) is 5.10 Å². The summed E-state index contributed by atoms with van der Waals surface area (Å²) >= 11 is 0. The molecule has 0 radical (unpaired) electrons. The zero-order valence-electron chi connectivity index (χ0n) is 14.1. The van der Waals surface area contributed by atoms with Gasteiger partial charge in [0.05, 0.1) is 12.2 Å². The maximum absolute atomic E-state index is 11.7. The van der Waals surface area contributed by atoms with E-state index in [0.29, 0.717) is 13.1 Å². The second-order valence-electron chi connectivity index (χ2n) is 6.36. The topological polar surface area (TPSA) is 68.2 Å². The fraction of sp³-hybridized carbons (Fsp3) is 0.412. The minimum absolute atomic E-state index is 0.411. The molecule has 0 spiro atoms. The summed E-state index contributed by atoms with van der Waals surface area (Å²) in [5, 5.41) is 10.2. The van der Waals surface area contributed by atoms with Crippen LogP contribution in [0.3, 0.4) is 0 Å². The lowest BCUT2D eigenvalue weighted by atomic mass is 10.2. The predicted octanol–water partition coefficient (Wildman–Crippen LogP) is 3.06. The first kappa shape index (κ1) is 16.9. The van der Waals surface area contributed by atoms with E-state index in [-0.39, 0.29) is 0 Å². The number of carbonyl (C=O) groups excluding carboxylic acids is 1. The number of ether oxygens (including phenoxy) is 1. The molecule has 0 atom stereocenters. The van der Waals surface area contributed by atoms with E-state index in [9.17, 15) is 4.79 Å². The predicted molar refractivity (Wildman–Crippen MR) is 90.1 cm³/mol. The molecule has 0 unspecified atom stereocenters. The average molecular weight is 316 g/mol. The van der Waals surface area contributed by atoms with Crippen LogP contribution in [-0.2, 0) is 24.9 Å². The van der Waals surface area contributed by atoms with Gasteiger partial charge in [-0.25, -0.2) is 4.79 Å². The van der Waals surface area contributed by atoms with E-state index in [1.807, 2.05) is 62.8 Å². The summed E-state index contributed by atoms with van der Waals surface area (Å²) in [6.45, 7) is 6.65. The van der Waals surface area contributed by atoms with Crippen molar-refractivity contribution in [2.45, 2.75) is 39.5 Å². The van der Waals surface area contributed by atoms with E-state index in [0.717, 1.165) is 16.9 Å². The highest BCUT2D eigenvalue weighted by Crippen LogP contribution is 2.12. The molecule has 1 amide bonds. The summed E-state index contributed by atoms with van der Waals surface area (Å²) < 4.78 is 7.06. The Bertz CT molecular complexity index is 659. The summed E-state index contributed by atoms with van der Waals surface area (Å²) in [4.78, 5) is 11.7. The number of rotatable bonds is 5. The molecule has 0 aliphatic rings. The highest BCUT2D eigenvalue weighted by molar-refractivity contribution is 5.67. The van der Waals surface area contributed by atoms with Crippen LogP contribution in [0.2, 0.25) is 0 Å². The Morgan fingerprint density at radius 3 is 2.70 bits per heavy atom. The fourth-order valence-electron chi connectivity index (χ4n) is 2.05. The molecule has 124 valence electrons. The smallest absolute Gasteiger partial charge is 0.407 e. The number of anilines is 1. The zero-order chi connectivity index (χ0) is 16.9. The number of benzene rings is 1. The van der Waals surface area contributed by atoms with Crippen LogP contribution in [-0.4, -0.2) is 21.5 Å². The maximum atomic E-state index is 11.7. The van der Waals surface area contributed by atoms with Crippen molar-refractivity contribution in [2.75, 3.05) is 5.32 Å². The Morgan fingerprint density at radius 2 is 2.04 bits per heavy atom. The Labute approximate surface area is 136 Å². The maximum Gasteiger partial charge on any atom is 0.407 e. The van der Waals surface area contributed by atoms with Gasteiger partial charge in [-0.15, -0.1) is 0 Å². The summed E-state index contributed by atoms with van der Waals surface area (Å²) in [6.07, 6.45) is 1.36. The summed E-state index contributed by atoms with van der Waals surface area (Å²) in [5.74, 6) is 0. The molecule has 1 heterocycles. The third-order valence-corrected chi connectivity index (χ3v) is 3.16. The van der Waals surface area contributed by atoms with Crippen LogP contribution in [0.4, 0.5) is 10.5 Å². The van der Waals surface area contributed by atoms with Crippen LogP contribution in [0.25, 0.3) is 0 Å². The number of amides is 1. The largest absolute Gasteiger partial charge is 0.444 e. The molecule has 0 aliphatic heterocycles. The van der Waals surface area contributed by atoms with Gasteiger partial charge in [0, 0.05) is 25.5 Å². The second-order valence-corrected chi connectivity index (χ2v) is 6.36. The number of aryl methyl sites for hydroxylation is 1. The van der Waals surface area contributed by atoms with Gasteiger partial charge in [-0.1, -0.05) is 12.1 Å². The third kappa shape index (κ3) is 5.65. The molecule has 1 aromatic heterocycles. The van der Waals surface area contributed by atoms with Crippen molar-refractivity contribution in [2.24, 2.45) is 7.05 Å². The van der Waals surface area contributed by atoms with Gasteiger partial charge in [-0.3, -0.25) is 4.68 Å². The molecule has 23 heavy (non-hydrogen) atoms. The molecular weight excluding hydrogens is 292 g/mol. The third-order valence-electron chi connectivity index (χ3n) is 3.16. The number of hydrogen-bond acceptors (Lipinski definition) is 4. The fourth-order valence-corrected chi connectivity index (χ4v) is 2.05. The molecule has 0 saturated heterocycles. The van der Waals surface area contributed by atoms with Gasteiger partial charge in [0.1, 0.15) is 5.60 Å². The van der Waals surface area contributed by atoms with Gasteiger partial charge >= 0.3 is 6.09 Å². The standard InChI is InChI=1S/C17H24N4O2/c1-17(2,3)23-16(22)19-11-13-6-5-7-14(10-13)18-12-15-8-9-20-21(15)4/h5-10,18H,11-12H2,1-4H3,(H,19,22). The van der Waals surface area contributed by atoms with E-state index in [4.69, 9.17) is 4.74 Å². The Morgan fingerprint density at radius 1 is 1.26 bits per heavy atom. The van der Waals surface area contributed by atoms with Crippen LogP contribution in [0, 0.1) is 0 Å². The molecule has 0 saturated carbocycles. The van der Waals surface area contributed by atoms with Crippen molar-refractivity contribution in [3.05, 3.63) is 47.8 Å². The van der Waals surface area contributed by atoms with Gasteiger partial charge in [0.25, 0.3) is 0 Å². The number of carbonyl (C=O) groups is 1. The molecule has 1 aromatic carbocycles. The van der Waals surface area contributed by atoms with Crippen molar-refractivity contribution in [3.8, 4) is 0 Å². The van der Waals surface area contributed by atoms with Gasteiger partial charge in [0.15, 0.2) is 0 Å². The minimum Gasteiger partial charge on any atom is -0.444 e. The molecule has 2 aromatic rings. The Hall–Kier alpha value is -2.50. The van der Waals surface area contributed by atoms with Crippen LogP contribution in [0.5, 0.6) is 0 Å². The molecule has 2 N–H and O–H groups in total. The van der Waals surface area contributed by atoms with Crippen LogP contribution in [0.1, 0.15) is 32.0 Å². The normalized spacial score (nSPS) is 11.1. The first-order valence-electron chi connectivity index (χ1n) is 7.60. The van der Waals surface area contributed by atoms with Crippen molar-refractivity contribution < 1.29 is 9.53 Å². The minimum atomic E-state index is -0.489. The zero-order valence-corrected chi connectivity index (χ0v) is 14.1. The summed E-state index contributed by atoms with van der Waals surface area (Å²) in [7, 11) is 1.91. The van der Waals surface area contributed by atoms with E-state index >= 15 is 0 Å². The van der Waals surface area contributed by atoms with Crippen LogP contribution >= 0.6 is 0 Å². The molecule has 0 aliphatic carbocycles. The lowest BCUT2D eigenvalue weighted by Crippen LogP contribution is -2.32. The van der Waals surface area contributed by atoms with E-state index in [2.05, 4.69) is 15.7 Å². The van der Waals surface area contributed by atoms with Crippen molar-refractivity contribution in [3.63, 3.8) is 0 Å². The SMILES string of the molecule is Cn1nccc1CNc1cccc(CNC(=O)OC(C)(C)C)c1. The highest BCUT2D eigenvalue weighted by atomic mass is 16.6. The Balaban J connectivity index is 1.87. The number of aromatic nitrogens is 2. The van der Waals surface area contributed by atoms with Crippen LogP contribution in [0.15, 0.2) is 36.5 Å². The number of alkyl carbamates (subject to hydrolysis) is 1. The number of nitrogens with one attached hydrogen (secondary N) is 2. The van der Waals surface area contributed by atoms with Crippen molar-refractivity contribution in [1.29, 1.82) is 0 Å². The monoisotopic (exact) mass is 316 g/mol. The highest BCUT2D eigenvalue weighted by Gasteiger charge is 2.15.